The molecular formula is C14H29N3O2S. The third-order valence-electron chi connectivity index (χ3n) is 3.56. The molecule has 0 aliphatic carbocycles. The molecule has 1 atom stereocenters. The van der Waals surface area contributed by atoms with Crippen molar-refractivity contribution >= 4 is 17.7 Å². The Morgan fingerprint density at radius 1 is 1.45 bits per heavy atom. The van der Waals surface area contributed by atoms with E-state index in [4.69, 9.17) is 4.74 Å². The average Bonchev–Trinajstić information content (AvgIpc) is 2.90. The maximum Gasteiger partial charge on any atom is 0.191 e. The van der Waals surface area contributed by atoms with Crippen LogP contribution in [-0.4, -0.2) is 62.5 Å². The van der Waals surface area contributed by atoms with Gasteiger partial charge in [-0.3, -0.25) is 4.99 Å². The lowest BCUT2D eigenvalue weighted by Gasteiger charge is -2.24. The summed E-state index contributed by atoms with van der Waals surface area (Å²) in [4.78, 5) is 4.68. The molecule has 1 heterocycles. The van der Waals surface area contributed by atoms with Crippen molar-refractivity contribution in [1.82, 2.24) is 10.6 Å². The summed E-state index contributed by atoms with van der Waals surface area (Å²) in [6.45, 7) is 6.29. The smallest absolute Gasteiger partial charge is 0.191 e. The molecule has 5 nitrogen and oxygen atoms in total. The van der Waals surface area contributed by atoms with Crippen molar-refractivity contribution in [1.29, 1.82) is 0 Å². The van der Waals surface area contributed by atoms with Crippen LogP contribution in [0.15, 0.2) is 4.99 Å². The summed E-state index contributed by atoms with van der Waals surface area (Å²) in [5.74, 6) is 2.03. The number of aliphatic hydroxyl groups excluding tert-OH is 1. The van der Waals surface area contributed by atoms with Crippen LogP contribution in [0.25, 0.3) is 0 Å². The predicted octanol–water partition coefficient (Wildman–Crippen LogP) is 1.08. The van der Waals surface area contributed by atoms with Gasteiger partial charge in [0.1, 0.15) is 0 Å². The summed E-state index contributed by atoms with van der Waals surface area (Å²) in [6, 6.07) is 0. The molecule has 1 rings (SSSR count). The first-order chi connectivity index (χ1) is 9.76. The standard InChI is InChI=1S/C14H29N3O2S/c1-3-15-13(16-7-4-10-20-2)17-11-14(5-8-18)6-9-19-12-14/h18H,3-12H2,1-2H3,(H2,15,16,17). The lowest BCUT2D eigenvalue weighted by molar-refractivity contribution is 0.131. The fourth-order valence-corrected chi connectivity index (χ4v) is 2.73. The van der Waals surface area contributed by atoms with Crippen molar-refractivity contribution < 1.29 is 9.84 Å². The summed E-state index contributed by atoms with van der Waals surface area (Å²) in [6.07, 6.45) is 5.01. The number of nitrogens with zero attached hydrogens (tertiary/aromatic N) is 1. The molecule has 0 saturated carbocycles. The highest BCUT2D eigenvalue weighted by Gasteiger charge is 2.34. The average molecular weight is 303 g/mol. The van der Waals surface area contributed by atoms with E-state index in [-0.39, 0.29) is 12.0 Å². The summed E-state index contributed by atoms with van der Waals surface area (Å²) < 4.78 is 5.49. The first kappa shape index (κ1) is 17.6. The maximum atomic E-state index is 9.22. The third kappa shape index (κ3) is 6.33. The van der Waals surface area contributed by atoms with Gasteiger partial charge in [-0.25, -0.2) is 0 Å². The second-order valence-corrected chi connectivity index (χ2v) is 6.23. The fourth-order valence-electron chi connectivity index (χ4n) is 2.30. The van der Waals surface area contributed by atoms with Gasteiger partial charge in [0.2, 0.25) is 0 Å². The van der Waals surface area contributed by atoms with Crippen LogP contribution in [0, 0.1) is 5.41 Å². The van der Waals surface area contributed by atoms with Gasteiger partial charge in [0.25, 0.3) is 0 Å². The van der Waals surface area contributed by atoms with Crippen molar-refractivity contribution in [3.05, 3.63) is 0 Å². The van der Waals surface area contributed by atoms with E-state index in [9.17, 15) is 5.11 Å². The van der Waals surface area contributed by atoms with Crippen molar-refractivity contribution in [3.63, 3.8) is 0 Å². The van der Waals surface area contributed by atoms with Crippen LogP contribution in [0.4, 0.5) is 0 Å². The molecule has 0 amide bonds. The molecule has 3 N–H and O–H groups in total. The van der Waals surface area contributed by atoms with Crippen LogP contribution in [0.1, 0.15) is 26.2 Å². The number of aliphatic hydroxyl groups is 1. The SMILES string of the molecule is CCNC(=NCC1(CCO)CCOC1)NCCCSC. The number of ether oxygens (including phenoxy) is 1. The van der Waals surface area contributed by atoms with E-state index in [1.165, 1.54) is 0 Å². The molecule has 0 spiro atoms. The van der Waals surface area contributed by atoms with E-state index in [1.54, 1.807) is 0 Å². The molecule has 1 saturated heterocycles. The summed E-state index contributed by atoms with van der Waals surface area (Å²) in [7, 11) is 0. The van der Waals surface area contributed by atoms with Gasteiger partial charge in [-0.2, -0.15) is 11.8 Å². The molecule has 0 aromatic rings. The molecule has 0 bridgehead atoms. The Morgan fingerprint density at radius 3 is 2.90 bits per heavy atom. The third-order valence-corrected chi connectivity index (χ3v) is 4.26. The van der Waals surface area contributed by atoms with Gasteiger partial charge >= 0.3 is 0 Å². The van der Waals surface area contributed by atoms with Crippen molar-refractivity contribution in [2.45, 2.75) is 26.2 Å². The molecular weight excluding hydrogens is 274 g/mol. The van der Waals surface area contributed by atoms with Gasteiger partial charge in [-0.05, 0) is 38.2 Å². The highest BCUT2D eigenvalue weighted by Crippen LogP contribution is 2.32. The van der Waals surface area contributed by atoms with E-state index in [2.05, 4.69) is 28.8 Å². The summed E-state index contributed by atoms with van der Waals surface area (Å²) >= 11 is 1.86. The lowest BCUT2D eigenvalue weighted by Crippen LogP contribution is -2.39. The molecule has 20 heavy (non-hydrogen) atoms. The van der Waals surface area contributed by atoms with Crippen molar-refractivity contribution in [2.75, 3.05) is 51.5 Å². The van der Waals surface area contributed by atoms with E-state index in [0.29, 0.717) is 13.2 Å². The van der Waals surface area contributed by atoms with Crippen LogP contribution < -0.4 is 10.6 Å². The van der Waals surface area contributed by atoms with Gasteiger partial charge in [-0.15, -0.1) is 0 Å². The minimum Gasteiger partial charge on any atom is -0.396 e. The topological polar surface area (TPSA) is 65.9 Å². The van der Waals surface area contributed by atoms with Crippen molar-refractivity contribution in [3.8, 4) is 0 Å². The highest BCUT2D eigenvalue weighted by atomic mass is 32.2. The maximum absolute atomic E-state index is 9.22. The van der Waals surface area contributed by atoms with E-state index in [1.807, 2.05) is 11.8 Å². The normalized spacial score (nSPS) is 23.1. The minimum absolute atomic E-state index is 0.0242. The van der Waals surface area contributed by atoms with Crippen molar-refractivity contribution in [2.24, 2.45) is 10.4 Å². The van der Waals surface area contributed by atoms with Crippen LogP contribution in [0.3, 0.4) is 0 Å². The second-order valence-electron chi connectivity index (χ2n) is 5.24. The number of rotatable bonds is 9. The Bertz CT molecular complexity index is 282. The Hall–Kier alpha value is -0.460. The first-order valence-corrected chi connectivity index (χ1v) is 8.85. The zero-order valence-corrected chi connectivity index (χ0v) is 13.6. The second kappa shape index (κ2) is 10.3. The zero-order valence-electron chi connectivity index (χ0n) is 12.8. The van der Waals surface area contributed by atoms with E-state index in [0.717, 1.165) is 50.7 Å². The lowest BCUT2D eigenvalue weighted by atomic mass is 9.84. The number of hydrogen-bond donors (Lipinski definition) is 3. The summed E-state index contributed by atoms with van der Waals surface area (Å²) in [5.41, 5.74) is 0.0242. The first-order valence-electron chi connectivity index (χ1n) is 7.46. The van der Waals surface area contributed by atoms with Gasteiger partial charge < -0.3 is 20.5 Å². The van der Waals surface area contributed by atoms with Gasteiger partial charge in [0.15, 0.2) is 5.96 Å². The Balaban J connectivity index is 2.46. The van der Waals surface area contributed by atoms with Crippen LogP contribution in [0.5, 0.6) is 0 Å². The predicted molar refractivity (Wildman–Crippen MR) is 86.6 cm³/mol. The molecule has 0 aromatic carbocycles. The molecule has 0 radical (unpaired) electrons. The van der Waals surface area contributed by atoms with Crippen LogP contribution in [0.2, 0.25) is 0 Å². The largest absolute Gasteiger partial charge is 0.396 e. The quantitative estimate of drug-likeness (QED) is 0.338. The van der Waals surface area contributed by atoms with E-state index < -0.39 is 0 Å². The Labute approximate surface area is 127 Å². The fraction of sp³-hybridized carbons (Fsp3) is 0.929. The Kier molecular flexibility index (Phi) is 9.05. The number of nitrogens with one attached hydrogen (secondary N) is 2. The molecule has 1 aliphatic rings. The molecule has 1 fully saturated rings. The molecule has 0 aromatic heterocycles. The molecule has 118 valence electrons. The summed E-state index contributed by atoms with van der Waals surface area (Å²) in [5, 5.41) is 15.9. The highest BCUT2D eigenvalue weighted by molar-refractivity contribution is 7.98. The van der Waals surface area contributed by atoms with E-state index >= 15 is 0 Å². The Morgan fingerprint density at radius 2 is 2.30 bits per heavy atom. The van der Waals surface area contributed by atoms with Crippen LogP contribution in [-0.2, 0) is 4.74 Å². The van der Waals surface area contributed by atoms with Gasteiger partial charge in [0.05, 0.1) is 13.2 Å². The van der Waals surface area contributed by atoms with Gasteiger partial charge in [-0.1, -0.05) is 0 Å². The number of guanidine groups is 1. The molecule has 1 aliphatic heterocycles. The van der Waals surface area contributed by atoms with Crippen LogP contribution >= 0.6 is 11.8 Å². The van der Waals surface area contributed by atoms with Gasteiger partial charge in [0, 0.05) is 31.7 Å². The minimum atomic E-state index is 0.0242. The number of aliphatic imine (C=N–C) groups is 1. The monoisotopic (exact) mass is 303 g/mol. The zero-order chi connectivity index (χ0) is 14.7. The molecule has 6 heteroatoms. The molecule has 1 unspecified atom stereocenters. The number of thioether (sulfide) groups is 1. The number of hydrogen-bond acceptors (Lipinski definition) is 4.